The van der Waals surface area contributed by atoms with Gasteiger partial charge in [0.15, 0.2) is 0 Å². The van der Waals surface area contributed by atoms with Gasteiger partial charge in [-0.15, -0.1) is 0 Å². The van der Waals surface area contributed by atoms with Gasteiger partial charge in [0.2, 0.25) is 10.0 Å². The smallest absolute Gasteiger partial charge is 0.255 e. The maximum atomic E-state index is 14.5. The van der Waals surface area contributed by atoms with Gasteiger partial charge in [0.1, 0.15) is 5.82 Å². The van der Waals surface area contributed by atoms with Crippen LogP contribution in [0.1, 0.15) is 11.1 Å². The highest BCUT2D eigenvalue weighted by molar-refractivity contribution is 7.89. The van der Waals surface area contributed by atoms with Gasteiger partial charge in [-0.05, 0) is 47.2 Å². The van der Waals surface area contributed by atoms with Gasteiger partial charge in [-0.25, -0.2) is 18.2 Å². The van der Waals surface area contributed by atoms with Crippen LogP contribution >= 0.6 is 23.2 Å². The quantitative estimate of drug-likeness (QED) is 0.231. The maximum absolute atomic E-state index is 14.5. The molecule has 4 aromatic carbocycles. The number of nitrogens with zero attached hydrogens (tertiary/aromatic N) is 2. The third-order valence-corrected chi connectivity index (χ3v) is 7.80. The van der Waals surface area contributed by atoms with Crippen molar-refractivity contribution < 1.29 is 17.6 Å². The lowest BCUT2D eigenvalue weighted by Crippen LogP contribution is -2.39. The zero-order valence-corrected chi connectivity index (χ0v) is 21.1. The maximum Gasteiger partial charge on any atom is 0.255 e. The van der Waals surface area contributed by atoms with E-state index in [2.05, 4.69) is 10.5 Å². The minimum atomic E-state index is -4.21. The SMILES string of the molecule is O=C(CN(Cc1c(F)cccc1Cl)S(=O)(=O)c1ccc(Cl)cc1)N/N=C/c1cccc2ccccc12. The van der Waals surface area contributed by atoms with Crippen LogP contribution in [0.5, 0.6) is 0 Å². The molecule has 0 aliphatic carbocycles. The summed E-state index contributed by atoms with van der Waals surface area (Å²) in [7, 11) is -4.21. The molecule has 1 amide bonds. The van der Waals surface area contributed by atoms with Gasteiger partial charge < -0.3 is 0 Å². The normalized spacial score (nSPS) is 11.9. The van der Waals surface area contributed by atoms with Crippen LogP contribution in [0.2, 0.25) is 10.0 Å². The molecule has 0 heterocycles. The zero-order valence-electron chi connectivity index (χ0n) is 18.7. The second-order valence-electron chi connectivity index (χ2n) is 7.79. The molecule has 10 heteroatoms. The van der Waals surface area contributed by atoms with Crippen LogP contribution in [0.25, 0.3) is 10.8 Å². The van der Waals surface area contributed by atoms with Gasteiger partial charge in [-0.2, -0.15) is 9.41 Å². The molecule has 0 unspecified atom stereocenters. The first-order valence-electron chi connectivity index (χ1n) is 10.7. The van der Waals surface area contributed by atoms with Crippen molar-refractivity contribution in [3.8, 4) is 0 Å². The van der Waals surface area contributed by atoms with Crippen LogP contribution in [-0.4, -0.2) is 31.4 Å². The number of carbonyl (C=O) groups excluding carboxylic acids is 1. The van der Waals surface area contributed by atoms with Gasteiger partial charge in [0.25, 0.3) is 5.91 Å². The summed E-state index contributed by atoms with van der Waals surface area (Å²) in [5, 5.41) is 6.33. The van der Waals surface area contributed by atoms with Gasteiger partial charge in [-0.1, -0.05) is 71.7 Å². The largest absolute Gasteiger partial charge is 0.272 e. The predicted octanol–water partition coefficient (Wildman–Crippen LogP) is 5.63. The monoisotopic (exact) mass is 543 g/mol. The summed E-state index contributed by atoms with van der Waals surface area (Å²) in [4.78, 5) is 12.6. The molecule has 0 aromatic heterocycles. The van der Waals surface area contributed by atoms with Crippen molar-refractivity contribution in [2.45, 2.75) is 11.4 Å². The fourth-order valence-electron chi connectivity index (χ4n) is 3.57. The standard InChI is InChI=1S/C26H20Cl2FN3O3S/c27-20-11-13-21(14-12-20)36(34,35)32(16-23-24(28)9-4-10-25(23)29)17-26(33)31-30-15-19-7-3-6-18-5-1-2-8-22(18)19/h1-15H,16-17H2,(H,31,33)/b30-15+. The van der Waals surface area contributed by atoms with E-state index in [1.807, 2.05) is 42.5 Å². The van der Waals surface area contributed by atoms with E-state index >= 15 is 0 Å². The van der Waals surface area contributed by atoms with Crippen molar-refractivity contribution in [2.75, 3.05) is 6.54 Å². The average Bonchev–Trinajstić information content (AvgIpc) is 2.86. The molecule has 4 rings (SSSR count). The fraction of sp³-hybridized carbons (Fsp3) is 0.0769. The Hall–Kier alpha value is -3.30. The molecule has 0 saturated carbocycles. The number of amides is 1. The number of hydrogen-bond donors (Lipinski definition) is 1. The number of benzene rings is 4. The molecular formula is C26H20Cl2FN3O3S. The van der Waals surface area contributed by atoms with Crippen LogP contribution in [0.15, 0.2) is 94.9 Å². The van der Waals surface area contributed by atoms with Crippen LogP contribution in [-0.2, 0) is 21.4 Å². The number of nitrogens with one attached hydrogen (secondary N) is 1. The summed E-state index contributed by atoms with van der Waals surface area (Å²) in [5.41, 5.74) is 3.07. The highest BCUT2D eigenvalue weighted by Gasteiger charge is 2.28. The number of sulfonamides is 1. The second-order valence-corrected chi connectivity index (χ2v) is 10.6. The Labute approximate surface area is 218 Å². The molecular weight excluding hydrogens is 524 g/mol. The second kappa shape index (κ2) is 11.2. The van der Waals surface area contributed by atoms with Crippen molar-refractivity contribution in [2.24, 2.45) is 5.10 Å². The Morgan fingerprint density at radius 1 is 0.944 bits per heavy atom. The topological polar surface area (TPSA) is 78.8 Å². The van der Waals surface area contributed by atoms with Crippen LogP contribution < -0.4 is 5.43 Å². The molecule has 0 atom stereocenters. The van der Waals surface area contributed by atoms with Crippen LogP contribution in [0.3, 0.4) is 0 Å². The summed E-state index contributed by atoms with van der Waals surface area (Å²) in [6.07, 6.45) is 1.48. The van der Waals surface area contributed by atoms with E-state index < -0.39 is 34.8 Å². The van der Waals surface area contributed by atoms with Gasteiger partial charge >= 0.3 is 0 Å². The molecule has 1 N–H and O–H groups in total. The molecule has 36 heavy (non-hydrogen) atoms. The minimum Gasteiger partial charge on any atom is -0.272 e. The molecule has 0 saturated heterocycles. The summed E-state index contributed by atoms with van der Waals surface area (Å²) in [6.45, 7) is -1.08. The molecule has 0 bridgehead atoms. The number of rotatable bonds is 8. The molecule has 0 radical (unpaired) electrons. The van der Waals surface area contributed by atoms with E-state index in [1.165, 1.54) is 48.7 Å². The third-order valence-electron chi connectivity index (χ3n) is 5.38. The van der Waals surface area contributed by atoms with Crippen molar-refractivity contribution in [3.05, 3.63) is 112 Å². The third kappa shape index (κ3) is 5.91. The van der Waals surface area contributed by atoms with E-state index in [4.69, 9.17) is 23.2 Å². The lowest BCUT2D eigenvalue weighted by atomic mass is 10.1. The molecule has 0 spiro atoms. The molecule has 0 aliphatic rings. The van der Waals surface area contributed by atoms with Crippen LogP contribution in [0, 0.1) is 5.82 Å². The summed E-state index contributed by atoms with van der Waals surface area (Å²) in [5.74, 6) is -1.40. The Morgan fingerprint density at radius 2 is 1.64 bits per heavy atom. The molecule has 4 aromatic rings. The summed E-state index contributed by atoms with van der Waals surface area (Å²) < 4.78 is 42.0. The number of hydrogen-bond acceptors (Lipinski definition) is 4. The van der Waals surface area contributed by atoms with Crippen molar-refractivity contribution in [1.82, 2.24) is 9.73 Å². The minimum absolute atomic E-state index is 0.0423. The number of hydrazone groups is 1. The van der Waals surface area contributed by atoms with E-state index in [0.717, 1.165) is 20.6 Å². The van der Waals surface area contributed by atoms with E-state index in [-0.39, 0.29) is 15.5 Å². The van der Waals surface area contributed by atoms with E-state index in [9.17, 15) is 17.6 Å². The Morgan fingerprint density at radius 3 is 2.39 bits per heavy atom. The van der Waals surface area contributed by atoms with Crippen LogP contribution in [0.4, 0.5) is 4.39 Å². The summed E-state index contributed by atoms with van der Waals surface area (Å²) in [6, 6.07) is 22.8. The Bertz CT molecular complexity index is 1520. The zero-order chi connectivity index (χ0) is 25.7. The lowest BCUT2D eigenvalue weighted by Gasteiger charge is -2.22. The first-order chi connectivity index (χ1) is 17.3. The van der Waals surface area contributed by atoms with Gasteiger partial charge in [-0.3, -0.25) is 4.79 Å². The first kappa shape index (κ1) is 25.8. The number of fused-ring (bicyclic) bond motifs is 1. The van der Waals surface area contributed by atoms with E-state index in [1.54, 1.807) is 0 Å². The number of carbonyl (C=O) groups is 1. The Kier molecular flexibility index (Phi) is 8.01. The highest BCUT2D eigenvalue weighted by atomic mass is 35.5. The van der Waals surface area contributed by atoms with E-state index in [0.29, 0.717) is 5.02 Å². The Balaban J connectivity index is 1.58. The van der Waals surface area contributed by atoms with Crippen molar-refractivity contribution in [3.63, 3.8) is 0 Å². The molecule has 6 nitrogen and oxygen atoms in total. The van der Waals surface area contributed by atoms with Crippen molar-refractivity contribution >= 4 is 56.1 Å². The highest BCUT2D eigenvalue weighted by Crippen LogP contribution is 2.25. The van der Waals surface area contributed by atoms with Gasteiger partial charge in [0, 0.05) is 27.7 Å². The average molecular weight is 544 g/mol. The molecule has 0 fully saturated rings. The van der Waals surface area contributed by atoms with Crippen molar-refractivity contribution in [1.29, 1.82) is 0 Å². The predicted molar refractivity (Wildman–Crippen MR) is 140 cm³/mol. The fourth-order valence-corrected chi connectivity index (χ4v) is 5.29. The summed E-state index contributed by atoms with van der Waals surface area (Å²) >= 11 is 12.0. The van der Waals surface area contributed by atoms with Gasteiger partial charge in [0.05, 0.1) is 17.7 Å². The lowest BCUT2D eigenvalue weighted by molar-refractivity contribution is -0.121. The first-order valence-corrected chi connectivity index (χ1v) is 12.9. The number of halogens is 3. The molecule has 184 valence electrons. The molecule has 0 aliphatic heterocycles.